The minimum Gasteiger partial charge on any atom is -0.504 e. The van der Waals surface area contributed by atoms with E-state index < -0.39 is 11.7 Å². The summed E-state index contributed by atoms with van der Waals surface area (Å²) in [6.45, 7) is 0. The van der Waals surface area contributed by atoms with Gasteiger partial charge in [0.05, 0.1) is 5.56 Å². The van der Waals surface area contributed by atoms with E-state index in [0.717, 1.165) is 12.1 Å². The summed E-state index contributed by atoms with van der Waals surface area (Å²) in [5.74, 6) is 0.207. The number of benzene rings is 1. The van der Waals surface area contributed by atoms with Crippen LogP contribution in [0.2, 0.25) is 0 Å². The van der Waals surface area contributed by atoms with Crippen LogP contribution in [0.25, 0.3) is 17.0 Å². The summed E-state index contributed by atoms with van der Waals surface area (Å²) in [6, 6.07) is 7.60. The van der Waals surface area contributed by atoms with Crippen molar-refractivity contribution in [1.29, 1.82) is 0 Å². The van der Waals surface area contributed by atoms with Gasteiger partial charge in [0.15, 0.2) is 17.2 Å². The first-order valence-corrected chi connectivity index (χ1v) is 5.67. The highest BCUT2D eigenvalue weighted by Gasteiger charge is 2.30. The number of halogens is 3. The molecule has 4 nitrogen and oxygen atoms in total. The zero-order valence-electron chi connectivity index (χ0n) is 9.96. The molecule has 0 bridgehead atoms. The molecule has 0 saturated heterocycles. The zero-order valence-corrected chi connectivity index (χ0v) is 9.96. The lowest BCUT2D eigenvalue weighted by molar-refractivity contribution is -0.137. The molecule has 102 valence electrons. The number of hydrogen-bond donors (Lipinski definition) is 1. The van der Waals surface area contributed by atoms with Crippen LogP contribution >= 0.6 is 0 Å². The smallest absolute Gasteiger partial charge is 0.416 e. The summed E-state index contributed by atoms with van der Waals surface area (Å²) >= 11 is 0. The summed E-state index contributed by atoms with van der Waals surface area (Å²) in [5.41, 5.74) is -0.0311. The van der Waals surface area contributed by atoms with Crippen LogP contribution in [0, 0.1) is 0 Å². The van der Waals surface area contributed by atoms with Crippen LogP contribution in [0.3, 0.4) is 0 Å². The van der Waals surface area contributed by atoms with E-state index in [1.54, 1.807) is 12.3 Å². The van der Waals surface area contributed by atoms with E-state index in [2.05, 4.69) is 10.1 Å². The van der Waals surface area contributed by atoms with Crippen molar-refractivity contribution < 1.29 is 18.3 Å². The van der Waals surface area contributed by atoms with Gasteiger partial charge in [-0.1, -0.05) is 12.1 Å². The Morgan fingerprint density at radius 3 is 2.35 bits per heavy atom. The maximum Gasteiger partial charge on any atom is 0.416 e. The molecular formula is C13H8F3N3O. The molecule has 2 aromatic heterocycles. The van der Waals surface area contributed by atoms with Crippen LogP contribution in [0.15, 0.2) is 42.6 Å². The topological polar surface area (TPSA) is 50.4 Å². The summed E-state index contributed by atoms with van der Waals surface area (Å²) in [5, 5.41) is 13.7. The Balaban J connectivity index is 2.05. The third kappa shape index (κ3) is 2.07. The monoisotopic (exact) mass is 279 g/mol. The number of pyridine rings is 1. The number of alkyl halides is 3. The van der Waals surface area contributed by atoms with Crippen molar-refractivity contribution in [3.05, 3.63) is 48.2 Å². The Hall–Kier alpha value is -2.57. The standard InChI is InChI=1S/C13H8F3N3O/c14-13(15,16)9-5-3-8(4-6-9)11-17-12-10(20)2-1-7-19(12)18-11/h1-7,20H. The summed E-state index contributed by atoms with van der Waals surface area (Å²) in [4.78, 5) is 4.09. The molecule has 0 unspecified atom stereocenters. The van der Waals surface area contributed by atoms with Crippen molar-refractivity contribution in [1.82, 2.24) is 14.6 Å². The molecule has 0 fully saturated rings. The molecule has 0 atom stereocenters. The summed E-state index contributed by atoms with van der Waals surface area (Å²) < 4.78 is 38.8. The maximum atomic E-state index is 12.5. The Morgan fingerprint density at radius 2 is 1.75 bits per heavy atom. The second kappa shape index (κ2) is 4.22. The molecule has 1 aromatic carbocycles. The molecule has 3 rings (SSSR count). The van der Waals surface area contributed by atoms with Gasteiger partial charge < -0.3 is 5.11 Å². The average molecular weight is 279 g/mol. The van der Waals surface area contributed by atoms with Gasteiger partial charge in [0.2, 0.25) is 0 Å². The van der Waals surface area contributed by atoms with Gasteiger partial charge in [-0.3, -0.25) is 0 Å². The lowest BCUT2D eigenvalue weighted by atomic mass is 10.1. The lowest BCUT2D eigenvalue weighted by Gasteiger charge is -2.05. The van der Waals surface area contributed by atoms with Crippen LogP contribution < -0.4 is 0 Å². The van der Waals surface area contributed by atoms with Crippen molar-refractivity contribution in [2.75, 3.05) is 0 Å². The highest BCUT2D eigenvalue weighted by atomic mass is 19.4. The highest BCUT2D eigenvalue weighted by molar-refractivity contribution is 5.61. The quantitative estimate of drug-likeness (QED) is 0.744. The van der Waals surface area contributed by atoms with E-state index >= 15 is 0 Å². The summed E-state index contributed by atoms with van der Waals surface area (Å²) in [6.07, 6.45) is -2.78. The van der Waals surface area contributed by atoms with E-state index in [0.29, 0.717) is 5.56 Å². The van der Waals surface area contributed by atoms with Crippen LogP contribution in [0.4, 0.5) is 13.2 Å². The molecule has 20 heavy (non-hydrogen) atoms. The average Bonchev–Trinajstić information content (AvgIpc) is 2.83. The van der Waals surface area contributed by atoms with Crippen LogP contribution in [-0.2, 0) is 6.18 Å². The normalized spacial score (nSPS) is 11.9. The summed E-state index contributed by atoms with van der Waals surface area (Å²) in [7, 11) is 0. The number of aromatic hydroxyl groups is 1. The van der Waals surface area contributed by atoms with Crippen molar-refractivity contribution in [3.63, 3.8) is 0 Å². The van der Waals surface area contributed by atoms with Crippen molar-refractivity contribution >= 4 is 5.65 Å². The minimum atomic E-state index is -4.37. The number of rotatable bonds is 1. The predicted molar refractivity (Wildman–Crippen MR) is 65.1 cm³/mol. The SMILES string of the molecule is Oc1cccn2nc(-c3ccc(C(F)(F)F)cc3)nc12. The van der Waals surface area contributed by atoms with E-state index in [9.17, 15) is 18.3 Å². The first-order chi connectivity index (χ1) is 9.45. The predicted octanol–water partition coefficient (Wildman–Crippen LogP) is 3.12. The van der Waals surface area contributed by atoms with Crippen LogP contribution in [-0.4, -0.2) is 19.7 Å². The minimum absolute atomic E-state index is 0.0434. The molecule has 3 aromatic rings. The van der Waals surface area contributed by atoms with Gasteiger partial charge in [-0.2, -0.15) is 13.2 Å². The van der Waals surface area contributed by atoms with Gasteiger partial charge in [0.25, 0.3) is 0 Å². The molecule has 0 spiro atoms. The molecule has 7 heteroatoms. The number of fused-ring (bicyclic) bond motifs is 1. The Labute approximate surface area is 111 Å². The van der Waals surface area contributed by atoms with Crippen molar-refractivity contribution in [3.8, 4) is 17.1 Å². The van der Waals surface area contributed by atoms with E-state index in [-0.39, 0.29) is 17.2 Å². The molecule has 0 aliphatic heterocycles. The fraction of sp³-hybridized carbons (Fsp3) is 0.0769. The first-order valence-electron chi connectivity index (χ1n) is 5.67. The van der Waals surface area contributed by atoms with Gasteiger partial charge in [-0.05, 0) is 24.3 Å². The molecule has 0 aliphatic carbocycles. The molecular weight excluding hydrogens is 271 g/mol. The number of hydrogen-bond acceptors (Lipinski definition) is 3. The van der Waals surface area contributed by atoms with Gasteiger partial charge >= 0.3 is 6.18 Å². The largest absolute Gasteiger partial charge is 0.504 e. The first kappa shape index (κ1) is 12.5. The third-order valence-electron chi connectivity index (χ3n) is 2.81. The van der Waals surface area contributed by atoms with Gasteiger partial charge in [0, 0.05) is 11.8 Å². The number of nitrogens with zero attached hydrogens (tertiary/aromatic N) is 3. The third-order valence-corrected chi connectivity index (χ3v) is 2.81. The van der Waals surface area contributed by atoms with E-state index in [1.807, 2.05) is 0 Å². The second-order valence-corrected chi connectivity index (χ2v) is 4.17. The molecule has 0 amide bonds. The molecule has 1 N–H and O–H groups in total. The zero-order chi connectivity index (χ0) is 14.3. The Kier molecular flexibility index (Phi) is 2.63. The molecule has 0 radical (unpaired) electrons. The van der Waals surface area contributed by atoms with E-state index in [4.69, 9.17) is 0 Å². The number of aromatic nitrogens is 3. The van der Waals surface area contributed by atoms with E-state index in [1.165, 1.54) is 22.7 Å². The highest BCUT2D eigenvalue weighted by Crippen LogP contribution is 2.30. The molecule has 0 aliphatic rings. The molecule has 0 saturated carbocycles. The van der Waals surface area contributed by atoms with Crippen molar-refractivity contribution in [2.24, 2.45) is 0 Å². The lowest BCUT2D eigenvalue weighted by Crippen LogP contribution is -2.04. The van der Waals surface area contributed by atoms with Crippen LogP contribution in [0.1, 0.15) is 5.56 Å². The van der Waals surface area contributed by atoms with Gasteiger partial charge in [0.1, 0.15) is 0 Å². The van der Waals surface area contributed by atoms with Crippen molar-refractivity contribution in [2.45, 2.75) is 6.18 Å². The maximum absolute atomic E-state index is 12.5. The second-order valence-electron chi connectivity index (χ2n) is 4.17. The Morgan fingerprint density at radius 1 is 1.05 bits per heavy atom. The molecule has 2 heterocycles. The fourth-order valence-electron chi connectivity index (χ4n) is 1.82. The van der Waals surface area contributed by atoms with Crippen LogP contribution in [0.5, 0.6) is 5.75 Å². The van der Waals surface area contributed by atoms with Gasteiger partial charge in [-0.15, -0.1) is 5.10 Å². The van der Waals surface area contributed by atoms with Gasteiger partial charge in [-0.25, -0.2) is 9.50 Å². The Bertz CT molecular complexity index is 763. The fourth-order valence-corrected chi connectivity index (χ4v) is 1.82.